The molecule has 0 N–H and O–H groups in total. The van der Waals surface area contributed by atoms with Crippen LogP contribution in [0.5, 0.6) is 0 Å². The van der Waals surface area contributed by atoms with Crippen LogP contribution in [0.15, 0.2) is 12.2 Å². The molecular formula is C14H28O. The first-order chi connectivity index (χ1) is 6.59. The highest BCUT2D eigenvalue weighted by atomic mass is 16.1. The lowest BCUT2D eigenvalue weighted by atomic mass is 9.70. The van der Waals surface area contributed by atoms with Crippen LogP contribution in [0, 0.1) is 10.8 Å². The zero-order chi connectivity index (χ0) is 12.9. The molecule has 0 aromatic rings. The van der Waals surface area contributed by atoms with Gasteiger partial charge in [-0.3, -0.25) is 4.79 Å². The van der Waals surface area contributed by atoms with E-state index in [0.29, 0.717) is 0 Å². The third kappa shape index (κ3) is 5.76. The highest BCUT2D eigenvalue weighted by Gasteiger charge is 2.32. The first kappa shape index (κ1) is 16.8. The average Bonchev–Trinajstić information content (AvgIpc) is 2.05. The second-order valence-corrected chi connectivity index (χ2v) is 5.28. The van der Waals surface area contributed by atoms with Gasteiger partial charge < -0.3 is 0 Å². The van der Waals surface area contributed by atoms with Gasteiger partial charge in [-0.2, -0.15) is 0 Å². The van der Waals surface area contributed by atoms with Crippen molar-refractivity contribution in [3.63, 3.8) is 0 Å². The summed E-state index contributed by atoms with van der Waals surface area (Å²) in [6.45, 7) is 19.9. The minimum absolute atomic E-state index is 0.0508. The third-order valence-corrected chi connectivity index (χ3v) is 2.99. The zero-order valence-electron chi connectivity index (χ0n) is 11.8. The monoisotopic (exact) mass is 212 g/mol. The van der Waals surface area contributed by atoms with Crippen LogP contribution in [-0.4, -0.2) is 5.78 Å². The van der Waals surface area contributed by atoms with Gasteiger partial charge in [0.15, 0.2) is 0 Å². The van der Waals surface area contributed by atoms with Crippen molar-refractivity contribution in [3.8, 4) is 0 Å². The number of hydrogen-bond donors (Lipinski definition) is 0. The Morgan fingerprint density at radius 3 is 1.53 bits per heavy atom. The van der Waals surface area contributed by atoms with E-state index in [4.69, 9.17) is 0 Å². The maximum Gasteiger partial charge on any atom is 0.135 e. The molecule has 0 radical (unpaired) electrons. The molecule has 0 aromatic carbocycles. The largest absolute Gasteiger partial charge is 0.299 e. The number of carbonyl (C=O) groups is 1. The number of ketones is 1. The van der Waals surface area contributed by atoms with Crippen LogP contribution in [0.4, 0.5) is 0 Å². The molecule has 0 bridgehead atoms. The molecule has 1 heteroatoms. The van der Waals surface area contributed by atoms with Crippen LogP contribution in [0.2, 0.25) is 0 Å². The van der Waals surface area contributed by atoms with E-state index in [-0.39, 0.29) is 16.6 Å². The number of hydrogen-bond acceptors (Lipinski definition) is 1. The van der Waals surface area contributed by atoms with Gasteiger partial charge in [0.1, 0.15) is 5.78 Å². The van der Waals surface area contributed by atoms with Gasteiger partial charge >= 0.3 is 0 Å². The predicted octanol–water partition coefficient (Wildman–Crippen LogP) is 4.62. The van der Waals surface area contributed by atoms with Gasteiger partial charge in [0, 0.05) is 5.41 Å². The maximum atomic E-state index is 11.3. The van der Waals surface area contributed by atoms with Crippen LogP contribution in [-0.2, 0) is 4.79 Å². The number of Topliss-reactive ketones (excluding diaryl/α,β-unsaturated/α-hetero) is 1. The molecule has 0 saturated carbocycles. The van der Waals surface area contributed by atoms with Gasteiger partial charge in [0.25, 0.3) is 0 Å². The minimum atomic E-state index is -0.234. The zero-order valence-corrected chi connectivity index (χ0v) is 11.8. The molecule has 0 saturated heterocycles. The van der Waals surface area contributed by atoms with Crippen LogP contribution < -0.4 is 0 Å². The van der Waals surface area contributed by atoms with Crippen molar-refractivity contribution >= 4 is 5.78 Å². The van der Waals surface area contributed by atoms with Gasteiger partial charge in [0.2, 0.25) is 0 Å². The molecule has 0 aromatic heterocycles. The van der Waals surface area contributed by atoms with E-state index in [1.807, 2.05) is 34.6 Å². The van der Waals surface area contributed by atoms with E-state index in [9.17, 15) is 4.79 Å². The Hall–Kier alpha value is -0.590. The standard InChI is InChI=1S/C12H22O.C2H6/c1-9(2)11(4,5)8-12(6,7)10(3)13;1-2/h1,8H2,2-7H3;1-2H3. The minimum Gasteiger partial charge on any atom is -0.299 e. The van der Waals surface area contributed by atoms with Gasteiger partial charge in [0.05, 0.1) is 0 Å². The topological polar surface area (TPSA) is 17.1 Å². The van der Waals surface area contributed by atoms with Crippen molar-refractivity contribution in [2.24, 2.45) is 10.8 Å². The Morgan fingerprint density at radius 1 is 1.00 bits per heavy atom. The molecule has 0 aliphatic rings. The first-order valence-electron chi connectivity index (χ1n) is 5.76. The van der Waals surface area contributed by atoms with E-state index >= 15 is 0 Å². The van der Waals surface area contributed by atoms with Crippen LogP contribution in [0.3, 0.4) is 0 Å². The summed E-state index contributed by atoms with van der Waals surface area (Å²) in [6, 6.07) is 0. The van der Waals surface area contributed by atoms with Gasteiger partial charge in [-0.05, 0) is 25.7 Å². The molecule has 0 rings (SSSR count). The van der Waals surface area contributed by atoms with Gasteiger partial charge in [-0.15, -0.1) is 0 Å². The fourth-order valence-electron chi connectivity index (χ4n) is 1.38. The summed E-state index contributed by atoms with van der Waals surface area (Å²) >= 11 is 0. The highest BCUT2D eigenvalue weighted by Crippen LogP contribution is 2.38. The molecule has 0 heterocycles. The van der Waals surface area contributed by atoms with E-state index in [0.717, 1.165) is 12.0 Å². The fourth-order valence-corrected chi connectivity index (χ4v) is 1.38. The summed E-state index contributed by atoms with van der Waals surface area (Å²) < 4.78 is 0. The van der Waals surface area contributed by atoms with E-state index in [2.05, 4.69) is 20.4 Å². The Labute approximate surface area is 96.0 Å². The van der Waals surface area contributed by atoms with Crippen LogP contribution >= 0.6 is 0 Å². The van der Waals surface area contributed by atoms with Gasteiger partial charge in [-0.1, -0.05) is 53.7 Å². The lowest BCUT2D eigenvalue weighted by Gasteiger charge is -2.33. The van der Waals surface area contributed by atoms with E-state index < -0.39 is 0 Å². The molecule has 0 spiro atoms. The predicted molar refractivity (Wildman–Crippen MR) is 69.0 cm³/mol. The molecule has 0 aliphatic heterocycles. The van der Waals surface area contributed by atoms with Crippen molar-refractivity contribution in [1.82, 2.24) is 0 Å². The molecule has 0 aliphatic carbocycles. The van der Waals surface area contributed by atoms with Gasteiger partial charge in [-0.25, -0.2) is 0 Å². The van der Waals surface area contributed by atoms with Crippen molar-refractivity contribution in [3.05, 3.63) is 12.2 Å². The number of carbonyl (C=O) groups excluding carboxylic acids is 1. The highest BCUT2D eigenvalue weighted by molar-refractivity contribution is 5.81. The van der Waals surface area contributed by atoms with Crippen molar-refractivity contribution in [2.75, 3.05) is 0 Å². The summed E-state index contributed by atoms with van der Waals surface area (Å²) in [5.41, 5.74) is 0.958. The third-order valence-electron chi connectivity index (χ3n) is 2.99. The van der Waals surface area contributed by atoms with Crippen LogP contribution in [0.25, 0.3) is 0 Å². The second kappa shape index (κ2) is 6.09. The summed E-state index contributed by atoms with van der Waals surface area (Å²) in [5, 5.41) is 0. The van der Waals surface area contributed by atoms with Crippen molar-refractivity contribution in [2.45, 2.75) is 61.8 Å². The Morgan fingerprint density at radius 2 is 1.33 bits per heavy atom. The fraction of sp³-hybridized carbons (Fsp3) is 0.786. The summed E-state index contributed by atoms with van der Waals surface area (Å²) in [5.74, 6) is 0.252. The Kier molecular flexibility index (Phi) is 6.84. The molecular weight excluding hydrogens is 184 g/mol. The molecule has 1 nitrogen and oxygen atoms in total. The van der Waals surface area contributed by atoms with Crippen molar-refractivity contribution in [1.29, 1.82) is 0 Å². The van der Waals surface area contributed by atoms with E-state index in [1.165, 1.54) is 0 Å². The summed E-state index contributed by atoms with van der Waals surface area (Å²) in [7, 11) is 0. The molecule has 0 fully saturated rings. The lowest BCUT2D eigenvalue weighted by Crippen LogP contribution is -2.29. The Bertz CT molecular complexity index is 197. The number of allylic oxidation sites excluding steroid dienone is 1. The van der Waals surface area contributed by atoms with Crippen molar-refractivity contribution < 1.29 is 4.79 Å². The molecule has 15 heavy (non-hydrogen) atoms. The SMILES string of the molecule is C=C(C)C(C)(C)CC(C)(C)C(C)=O.CC. The van der Waals surface area contributed by atoms with Crippen LogP contribution in [0.1, 0.15) is 61.8 Å². The normalized spacial score (nSPS) is 11.5. The lowest BCUT2D eigenvalue weighted by molar-refractivity contribution is -0.126. The molecule has 0 unspecified atom stereocenters. The molecule has 0 amide bonds. The quantitative estimate of drug-likeness (QED) is 0.621. The first-order valence-corrected chi connectivity index (χ1v) is 5.76. The number of rotatable bonds is 4. The summed E-state index contributed by atoms with van der Waals surface area (Å²) in [4.78, 5) is 11.3. The molecule has 0 atom stereocenters. The molecule has 90 valence electrons. The summed E-state index contributed by atoms with van der Waals surface area (Å²) in [6.07, 6.45) is 0.866. The maximum absolute atomic E-state index is 11.3. The second-order valence-electron chi connectivity index (χ2n) is 5.28. The smallest absolute Gasteiger partial charge is 0.135 e. The Balaban J connectivity index is 0. The van der Waals surface area contributed by atoms with E-state index in [1.54, 1.807) is 6.92 Å². The average molecular weight is 212 g/mol.